The van der Waals surface area contributed by atoms with Crippen molar-refractivity contribution in [3.05, 3.63) is 111 Å². The van der Waals surface area contributed by atoms with Gasteiger partial charge in [0.25, 0.3) is 17.5 Å². The summed E-state index contributed by atoms with van der Waals surface area (Å²) in [6.07, 6.45) is 0. The second-order valence-corrected chi connectivity index (χ2v) is 7.81. The van der Waals surface area contributed by atoms with Crippen molar-refractivity contribution < 1.29 is 14.5 Å². The highest BCUT2D eigenvalue weighted by atomic mass is 16.6. The van der Waals surface area contributed by atoms with E-state index in [9.17, 15) is 19.7 Å². The maximum atomic E-state index is 13.6. The summed E-state index contributed by atoms with van der Waals surface area (Å²) >= 11 is 0. The third kappa shape index (κ3) is 4.25. The Morgan fingerprint density at radius 2 is 1.52 bits per heavy atom. The van der Waals surface area contributed by atoms with Crippen molar-refractivity contribution in [1.82, 2.24) is 4.90 Å². The first-order chi connectivity index (χ1) is 15.9. The number of carbonyl (C=O) groups is 2. The molecule has 3 aromatic carbocycles. The Morgan fingerprint density at radius 3 is 2.09 bits per heavy atom. The van der Waals surface area contributed by atoms with Gasteiger partial charge in [-0.2, -0.15) is 0 Å². The van der Waals surface area contributed by atoms with Crippen LogP contribution in [0.3, 0.4) is 0 Å². The number of nitro benzene ring substituents is 1. The van der Waals surface area contributed by atoms with Crippen LogP contribution in [-0.4, -0.2) is 28.2 Å². The predicted molar refractivity (Wildman–Crippen MR) is 126 cm³/mol. The van der Waals surface area contributed by atoms with Gasteiger partial charge >= 0.3 is 0 Å². The Kier molecular flexibility index (Phi) is 6.04. The third-order valence-electron chi connectivity index (χ3n) is 5.63. The van der Waals surface area contributed by atoms with Crippen LogP contribution in [0.1, 0.15) is 23.6 Å². The van der Waals surface area contributed by atoms with Crippen molar-refractivity contribution in [3.63, 3.8) is 0 Å². The molecular weight excluding hydrogens is 418 g/mol. The Labute approximate surface area is 191 Å². The zero-order valence-corrected chi connectivity index (χ0v) is 18.4. The number of anilines is 1. The van der Waals surface area contributed by atoms with E-state index in [1.54, 1.807) is 12.1 Å². The van der Waals surface area contributed by atoms with Gasteiger partial charge in [-0.25, -0.2) is 4.90 Å². The summed E-state index contributed by atoms with van der Waals surface area (Å²) in [4.78, 5) is 40.9. The van der Waals surface area contributed by atoms with E-state index in [2.05, 4.69) is 0 Å². The van der Waals surface area contributed by atoms with Crippen LogP contribution >= 0.6 is 0 Å². The second kappa shape index (κ2) is 9.08. The molecule has 0 aliphatic carbocycles. The lowest BCUT2D eigenvalue weighted by Gasteiger charge is -2.25. The van der Waals surface area contributed by atoms with Gasteiger partial charge in [0.1, 0.15) is 5.70 Å². The number of likely N-dealkylation sites (N-methyl/N-ethyl adjacent to an activating group) is 1. The molecule has 0 saturated carbocycles. The number of hydrogen-bond acceptors (Lipinski definition) is 5. The molecule has 2 amide bonds. The number of nitro groups is 1. The highest BCUT2D eigenvalue weighted by Gasteiger charge is 2.42. The number of aryl methyl sites for hydroxylation is 1. The largest absolute Gasteiger partial charge is 0.362 e. The average molecular weight is 441 g/mol. The summed E-state index contributed by atoms with van der Waals surface area (Å²) in [5.74, 6) is -0.853. The molecule has 1 aliphatic heterocycles. The fraction of sp³-hybridized carbons (Fsp3) is 0.154. The first-order valence-corrected chi connectivity index (χ1v) is 10.6. The number of imide groups is 1. The van der Waals surface area contributed by atoms with Crippen molar-refractivity contribution in [1.29, 1.82) is 0 Å². The monoisotopic (exact) mass is 441 g/mol. The first-order valence-electron chi connectivity index (χ1n) is 10.6. The zero-order valence-electron chi connectivity index (χ0n) is 18.4. The molecule has 1 heterocycles. The van der Waals surface area contributed by atoms with Crippen molar-refractivity contribution in [3.8, 4) is 0 Å². The molecule has 0 radical (unpaired) electrons. The Bertz CT molecular complexity index is 1230. The summed E-state index contributed by atoms with van der Waals surface area (Å²) in [5.41, 5.74) is 3.43. The molecule has 0 saturated heterocycles. The molecule has 0 bridgehead atoms. The molecule has 3 aromatic rings. The average Bonchev–Trinajstić information content (AvgIpc) is 3.08. The third-order valence-corrected chi connectivity index (χ3v) is 5.63. The maximum Gasteiger partial charge on any atom is 0.282 e. The lowest BCUT2D eigenvalue weighted by Crippen LogP contribution is -2.35. The molecule has 0 aromatic heterocycles. The van der Waals surface area contributed by atoms with E-state index in [0.29, 0.717) is 30.0 Å². The van der Waals surface area contributed by atoms with Crippen LogP contribution in [0, 0.1) is 17.0 Å². The van der Waals surface area contributed by atoms with Gasteiger partial charge < -0.3 is 4.90 Å². The van der Waals surface area contributed by atoms with Gasteiger partial charge in [0.2, 0.25) is 0 Å². The minimum Gasteiger partial charge on any atom is -0.362 e. The fourth-order valence-electron chi connectivity index (χ4n) is 3.90. The Morgan fingerprint density at radius 1 is 0.879 bits per heavy atom. The van der Waals surface area contributed by atoms with Gasteiger partial charge in [-0.1, -0.05) is 48.0 Å². The summed E-state index contributed by atoms with van der Waals surface area (Å²) in [6.45, 7) is 4.81. The van der Waals surface area contributed by atoms with E-state index in [0.717, 1.165) is 11.1 Å². The molecule has 33 heavy (non-hydrogen) atoms. The van der Waals surface area contributed by atoms with Gasteiger partial charge in [0.15, 0.2) is 0 Å². The molecule has 0 unspecified atom stereocenters. The van der Waals surface area contributed by atoms with Gasteiger partial charge in [-0.05, 0) is 49.2 Å². The number of benzene rings is 3. The van der Waals surface area contributed by atoms with E-state index in [-0.39, 0.29) is 11.3 Å². The zero-order chi connectivity index (χ0) is 23.5. The number of non-ortho nitro benzene ring substituents is 1. The van der Waals surface area contributed by atoms with Gasteiger partial charge in [-0.3, -0.25) is 19.7 Å². The minimum absolute atomic E-state index is 0.0790. The van der Waals surface area contributed by atoms with Crippen LogP contribution in [0.25, 0.3) is 5.57 Å². The quantitative estimate of drug-likeness (QED) is 0.301. The van der Waals surface area contributed by atoms with E-state index in [1.807, 2.05) is 61.2 Å². The lowest BCUT2D eigenvalue weighted by molar-refractivity contribution is -0.384. The van der Waals surface area contributed by atoms with Crippen LogP contribution in [0.4, 0.5) is 11.4 Å². The molecule has 0 fully saturated rings. The number of nitrogens with zero attached hydrogens (tertiary/aromatic N) is 3. The van der Waals surface area contributed by atoms with Crippen molar-refractivity contribution in [2.45, 2.75) is 20.4 Å². The number of rotatable bonds is 7. The van der Waals surface area contributed by atoms with E-state index in [1.165, 1.54) is 29.2 Å². The molecule has 0 N–H and O–H groups in total. The van der Waals surface area contributed by atoms with Crippen LogP contribution in [0.15, 0.2) is 84.6 Å². The smallest absolute Gasteiger partial charge is 0.282 e. The van der Waals surface area contributed by atoms with Gasteiger partial charge in [0, 0.05) is 25.2 Å². The summed E-state index contributed by atoms with van der Waals surface area (Å²) in [6, 6.07) is 22.6. The molecular formula is C26H23N3O4. The molecule has 166 valence electrons. The first kappa shape index (κ1) is 22.0. The summed E-state index contributed by atoms with van der Waals surface area (Å²) < 4.78 is 0. The lowest BCUT2D eigenvalue weighted by atomic mass is 10.0. The highest BCUT2D eigenvalue weighted by Crippen LogP contribution is 2.36. The molecule has 7 heteroatoms. The topological polar surface area (TPSA) is 83.8 Å². The number of amides is 2. The van der Waals surface area contributed by atoms with Crippen LogP contribution in [0.2, 0.25) is 0 Å². The predicted octanol–water partition coefficient (Wildman–Crippen LogP) is 4.71. The van der Waals surface area contributed by atoms with Crippen LogP contribution < -0.4 is 4.90 Å². The summed E-state index contributed by atoms with van der Waals surface area (Å²) in [5, 5.41) is 11.1. The molecule has 0 spiro atoms. The van der Waals surface area contributed by atoms with E-state index >= 15 is 0 Å². The van der Waals surface area contributed by atoms with E-state index in [4.69, 9.17) is 0 Å². The molecule has 4 rings (SSSR count). The van der Waals surface area contributed by atoms with Gasteiger partial charge in [0.05, 0.1) is 16.2 Å². The van der Waals surface area contributed by atoms with Crippen molar-refractivity contribution in [2.75, 3.05) is 11.4 Å². The standard InChI is InChI=1S/C26H23N3O4/c1-3-27(17-19-7-5-4-6-8-19)24-23(20-11-15-22(16-12-20)29(32)33)25(30)28(26(24)31)21-13-9-18(2)10-14-21/h4-16H,3,17H2,1-2H3. The highest BCUT2D eigenvalue weighted by molar-refractivity contribution is 6.45. The van der Waals surface area contributed by atoms with Gasteiger partial charge in [-0.15, -0.1) is 0 Å². The SMILES string of the molecule is CCN(Cc1ccccc1)C1=C(c2ccc([N+](=O)[O-])cc2)C(=O)N(c2ccc(C)cc2)C1=O. The minimum atomic E-state index is -0.493. The van der Waals surface area contributed by atoms with Crippen LogP contribution in [0.5, 0.6) is 0 Å². The number of carbonyl (C=O) groups excluding carboxylic acids is 2. The fourth-order valence-corrected chi connectivity index (χ4v) is 3.90. The van der Waals surface area contributed by atoms with Crippen LogP contribution in [-0.2, 0) is 16.1 Å². The second-order valence-electron chi connectivity index (χ2n) is 7.81. The maximum absolute atomic E-state index is 13.6. The normalized spacial score (nSPS) is 13.6. The molecule has 0 atom stereocenters. The Hall–Kier alpha value is -4.26. The van der Waals surface area contributed by atoms with Crippen molar-refractivity contribution in [2.24, 2.45) is 0 Å². The van der Waals surface area contributed by atoms with E-state index < -0.39 is 16.7 Å². The van der Waals surface area contributed by atoms with Crippen molar-refractivity contribution >= 4 is 28.8 Å². The molecule has 1 aliphatic rings. The summed E-state index contributed by atoms with van der Waals surface area (Å²) in [7, 11) is 0. The Balaban J connectivity index is 1.83. The molecule has 7 nitrogen and oxygen atoms in total. The number of hydrogen-bond donors (Lipinski definition) is 0.